The molecule has 1 N–H and O–H groups in total. The number of hydrogen-bond donors (Lipinski definition) is 1. The highest BCUT2D eigenvalue weighted by atomic mass is 35.5. The van der Waals surface area contributed by atoms with Gasteiger partial charge < -0.3 is 15.0 Å². The molecule has 0 fully saturated rings. The molecule has 2 heterocycles. The maximum Gasteiger partial charge on any atom is 0.253 e. The summed E-state index contributed by atoms with van der Waals surface area (Å²) in [6.07, 6.45) is 3.57. The Morgan fingerprint density at radius 2 is 1.90 bits per heavy atom. The molecule has 0 radical (unpaired) electrons. The first kappa shape index (κ1) is 22.2. The van der Waals surface area contributed by atoms with Crippen molar-refractivity contribution in [1.82, 2.24) is 15.3 Å². The molecule has 3 aromatic rings. The van der Waals surface area contributed by atoms with Gasteiger partial charge in [-0.05, 0) is 29.8 Å². The zero-order valence-corrected chi connectivity index (χ0v) is 18.3. The second kappa shape index (κ2) is 10.0. The number of methoxy groups -OCH3 is 1. The van der Waals surface area contributed by atoms with Crippen molar-refractivity contribution in [3.05, 3.63) is 71.0 Å². The molecule has 8 heteroatoms. The van der Waals surface area contributed by atoms with Crippen LogP contribution in [0.3, 0.4) is 0 Å². The Kier molecular flexibility index (Phi) is 7.20. The van der Waals surface area contributed by atoms with Crippen molar-refractivity contribution in [3.8, 4) is 17.1 Å². The summed E-state index contributed by atoms with van der Waals surface area (Å²) in [6, 6.07) is 12.4. The lowest BCUT2D eigenvalue weighted by atomic mass is 10.1. The molecule has 0 bridgehead atoms. The highest BCUT2D eigenvalue weighted by molar-refractivity contribution is 6.34. The standard InChI is InChI=1S/C23H23ClN4O3/c1-4-22(29)28(2)20-9-7-16(11-18(20)24)19-8-6-17(14-25-19)23(30)27-13-15-5-10-21(31-3)26-12-15/h5-12,14H,4,13H2,1-3H3,(H,27,30). The van der Waals surface area contributed by atoms with Crippen molar-refractivity contribution in [2.45, 2.75) is 19.9 Å². The largest absolute Gasteiger partial charge is 0.481 e. The van der Waals surface area contributed by atoms with Gasteiger partial charge in [0.25, 0.3) is 5.91 Å². The topological polar surface area (TPSA) is 84.4 Å². The number of anilines is 1. The molecule has 0 spiro atoms. The highest BCUT2D eigenvalue weighted by Crippen LogP contribution is 2.30. The molecule has 2 aromatic heterocycles. The van der Waals surface area contributed by atoms with Crippen LogP contribution in [0, 0.1) is 0 Å². The quantitative estimate of drug-likeness (QED) is 0.600. The normalized spacial score (nSPS) is 10.5. The minimum Gasteiger partial charge on any atom is -0.481 e. The van der Waals surface area contributed by atoms with E-state index in [1.165, 1.54) is 11.1 Å². The van der Waals surface area contributed by atoms with Crippen molar-refractivity contribution >= 4 is 29.1 Å². The van der Waals surface area contributed by atoms with Gasteiger partial charge in [0.15, 0.2) is 0 Å². The van der Waals surface area contributed by atoms with Gasteiger partial charge in [-0.3, -0.25) is 14.6 Å². The summed E-state index contributed by atoms with van der Waals surface area (Å²) in [5, 5.41) is 3.30. The maximum atomic E-state index is 12.4. The number of amides is 2. The molecule has 0 aliphatic rings. The fraction of sp³-hybridized carbons (Fsp3) is 0.217. The molecule has 0 aliphatic carbocycles. The van der Waals surface area contributed by atoms with E-state index in [1.807, 2.05) is 12.1 Å². The summed E-state index contributed by atoms with van der Waals surface area (Å²) in [7, 11) is 3.25. The van der Waals surface area contributed by atoms with Gasteiger partial charge in [-0.2, -0.15) is 0 Å². The van der Waals surface area contributed by atoms with Gasteiger partial charge in [0.2, 0.25) is 11.8 Å². The number of aromatic nitrogens is 2. The van der Waals surface area contributed by atoms with Gasteiger partial charge in [-0.15, -0.1) is 0 Å². The van der Waals surface area contributed by atoms with Crippen LogP contribution in [0.5, 0.6) is 5.88 Å². The number of halogens is 1. The van der Waals surface area contributed by atoms with Gasteiger partial charge in [-0.1, -0.05) is 30.7 Å². The minimum atomic E-state index is -0.233. The third kappa shape index (κ3) is 5.38. The predicted molar refractivity (Wildman–Crippen MR) is 120 cm³/mol. The first-order valence-electron chi connectivity index (χ1n) is 9.72. The number of ether oxygens (including phenoxy) is 1. The lowest BCUT2D eigenvalue weighted by molar-refractivity contribution is -0.118. The third-order valence-corrected chi connectivity index (χ3v) is 5.07. The van der Waals surface area contributed by atoms with Crippen molar-refractivity contribution in [3.63, 3.8) is 0 Å². The van der Waals surface area contributed by atoms with E-state index >= 15 is 0 Å². The van der Waals surface area contributed by atoms with Crippen LogP contribution in [-0.2, 0) is 11.3 Å². The molecular formula is C23H23ClN4O3. The summed E-state index contributed by atoms with van der Waals surface area (Å²) in [5.41, 5.74) is 3.42. The fourth-order valence-electron chi connectivity index (χ4n) is 2.93. The highest BCUT2D eigenvalue weighted by Gasteiger charge is 2.14. The van der Waals surface area contributed by atoms with E-state index in [9.17, 15) is 9.59 Å². The Morgan fingerprint density at radius 1 is 1.10 bits per heavy atom. The summed E-state index contributed by atoms with van der Waals surface area (Å²) in [5.74, 6) is 0.267. The van der Waals surface area contributed by atoms with E-state index in [2.05, 4.69) is 15.3 Å². The number of pyridine rings is 2. The van der Waals surface area contributed by atoms with E-state index in [0.29, 0.717) is 40.8 Å². The van der Waals surface area contributed by atoms with Crippen molar-refractivity contribution in [2.75, 3.05) is 19.1 Å². The second-order valence-electron chi connectivity index (χ2n) is 6.80. The smallest absolute Gasteiger partial charge is 0.253 e. The molecule has 0 saturated carbocycles. The fourth-order valence-corrected chi connectivity index (χ4v) is 3.24. The van der Waals surface area contributed by atoms with E-state index in [1.54, 1.807) is 57.6 Å². The van der Waals surface area contributed by atoms with Gasteiger partial charge in [0.05, 0.1) is 29.1 Å². The SMILES string of the molecule is CCC(=O)N(C)c1ccc(-c2ccc(C(=O)NCc3ccc(OC)nc3)cn2)cc1Cl. The van der Waals surface area contributed by atoms with Gasteiger partial charge in [0, 0.05) is 44.0 Å². The molecule has 0 saturated heterocycles. The number of nitrogens with zero attached hydrogens (tertiary/aromatic N) is 3. The van der Waals surface area contributed by atoms with E-state index < -0.39 is 0 Å². The van der Waals surface area contributed by atoms with Crippen LogP contribution in [0.1, 0.15) is 29.3 Å². The van der Waals surface area contributed by atoms with Crippen LogP contribution in [0.2, 0.25) is 5.02 Å². The van der Waals surface area contributed by atoms with E-state index in [4.69, 9.17) is 16.3 Å². The average Bonchev–Trinajstić information content (AvgIpc) is 2.81. The zero-order chi connectivity index (χ0) is 22.4. The molecule has 1 aromatic carbocycles. The van der Waals surface area contributed by atoms with Crippen molar-refractivity contribution in [2.24, 2.45) is 0 Å². The van der Waals surface area contributed by atoms with Crippen LogP contribution in [-0.4, -0.2) is 35.9 Å². The first-order chi connectivity index (χ1) is 14.9. The lowest BCUT2D eigenvalue weighted by Gasteiger charge is -2.18. The van der Waals surface area contributed by atoms with Gasteiger partial charge >= 0.3 is 0 Å². The van der Waals surface area contributed by atoms with Crippen LogP contribution in [0.15, 0.2) is 54.9 Å². The number of nitrogens with one attached hydrogen (secondary N) is 1. The molecule has 31 heavy (non-hydrogen) atoms. The van der Waals surface area contributed by atoms with Crippen molar-refractivity contribution < 1.29 is 14.3 Å². The van der Waals surface area contributed by atoms with Gasteiger partial charge in [0.1, 0.15) is 0 Å². The van der Waals surface area contributed by atoms with Crippen LogP contribution in [0.4, 0.5) is 5.69 Å². The molecule has 0 atom stereocenters. The van der Waals surface area contributed by atoms with E-state index in [0.717, 1.165) is 11.1 Å². The monoisotopic (exact) mass is 438 g/mol. The average molecular weight is 439 g/mol. The Labute approximate surface area is 186 Å². The Morgan fingerprint density at radius 3 is 2.48 bits per heavy atom. The van der Waals surface area contributed by atoms with Crippen LogP contribution < -0.4 is 15.0 Å². The third-order valence-electron chi connectivity index (χ3n) is 4.77. The number of benzene rings is 1. The molecule has 2 amide bonds. The number of carbonyl (C=O) groups is 2. The maximum absolute atomic E-state index is 12.4. The first-order valence-corrected chi connectivity index (χ1v) is 10.1. The molecule has 3 rings (SSSR count). The summed E-state index contributed by atoms with van der Waals surface area (Å²) in [6.45, 7) is 2.15. The van der Waals surface area contributed by atoms with Crippen molar-refractivity contribution in [1.29, 1.82) is 0 Å². The van der Waals surface area contributed by atoms with Gasteiger partial charge in [-0.25, -0.2) is 4.98 Å². The van der Waals surface area contributed by atoms with E-state index in [-0.39, 0.29) is 11.8 Å². The summed E-state index contributed by atoms with van der Waals surface area (Å²) in [4.78, 5) is 34.3. The number of rotatable bonds is 7. The predicted octanol–water partition coefficient (Wildman–Crippen LogP) is 4.11. The molecule has 0 unspecified atom stereocenters. The van der Waals surface area contributed by atoms with Crippen LogP contribution >= 0.6 is 11.6 Å². The summed E-state index contributed by atoms with van der Waals surface area (Å²) < 4.78 is 5.02. The zero-order valence-electron chi connectivity index (χ0n) is 17.6. The Hall–Kier alpha value is -3.45. The lowest BCUT2D eigenvalue weighted by Crippen LogP contribution is -2.25. The molecule has 0 aliphatic heterocycles. The number of hydrogen-bond acceptors (Lipinski definition) is 5. The molecule has 7 nitrogen and oxygen atoms in total. The second-order valence-corrected chi connectivity index (χ2v) is 7.20. The molecule has 160 valence electrons. The Bertz CT molecular complexity index is 1070. The summed E-state index contributed by atoms with van der Waals surface area (Å²) >= 11 is 6.38. The van der Waals surface area contributed by atoms with Crippen LogP contribution in [0.25, 0.3) is 11.3 Å². The molecular weight excluding hydrogens is 416 g/mol. The minimum absolute atomic E-state index is 0.0199. The number of carbonyl (C=O) groups excluding carboxylic acids is 2. The Balaban J connectivity index is 1.67.